The van der Waals surface area contributed by atoms with E-state index < -0.39 is 11.6 Å². The zero-order chi connectivity index (χ0) is 21.7. The van der Waals surface area contributed by atoms with E-state index in [4.69, 9.17) is 8.83 Å². The first-order valence-electron chi connectivity index (χ1n) is 9.53. The Kier molecular flexibility index (Phi) is 6.66. The largest absolute Gasteiger partial charge is 0.420 e. The Morgan fingerprint density at radius 2 is 1.13 bits per heavy atom. The van der Waals surface area contributed by atoms with Gasteiger partial charge in [-0.1, -0.05) is 52.0 Å². The molecule has 0 atom stereocenters. The quantitative estimate of drug-likeness (QED) is 0.409. The Bertz CT molecular complexity index is 1070. The fourth-order valence-corrected chi connectivity index (χ4v) is 2.44. The van der Waals surface area contributed by atoms with Gasteiger partial charge in [0, 0.05) is 17.4 Å². The summed E-state index contributed by atoms with van der Waals surface area (Å²) < 4.78 is 37.5. The summed E-state index contributed by atoms with van der Waals surface area (Å²) in [6.07, 6.45) is 0. The molecule has 156 valence electrons. The molecular formula is C22H22F2N4O2. The van der Waals surface area contributed by atoms with E-state index in [0.29, 0.717) is 17.7 Å². The van der Waals surface area contributed by atoms with Crippen LogP contribution in [0.15, 0.2) is 57.4 Å². The second-order valence-corrected chi connectivity index (χ2v) is 7.16. The molecule has 0 N–H and O–H groups in total. The molecule has 4 rings (SSSR count). The first-order chi connectivity index (χ1) is 14.4. The van der Waals surface area contributed by atoms with Crippen molar-refractivity contribution in [3.63, 3.8) is 0 Å². The fraction of sp³-hybridized carbons (Fsp3) is 0.273. The van der Waals surface area contributed by atoms with Gasteiger partial charge in [-0.05, 0) is 24.3 Å². The minimum Gasteiger partial charge on any atom is -0.420 e. The molecule has 0 amide bonds. The summed E-state index contributed by atoms with van der Waals surface area (Å²) in [7, 11) is 0. The molecule has 0 fully saturated rings. The number of benzene rings is 2. The molecule has 0 aliphatic heterocycles. The molecule has 0 aliphatic rings. The van der Waals surface area contributed by atoms with Gasteiger partial charge in [0.1, 0.15) is 17.2 Å². The lowest BCUT2D eigenvalue weighted by atomic mass is 10.2. The lowest BCUT2D eigenvalue weighted by Gasteiger charge is -1.99. The van der Waals surface area contributed by atoms with Gasteiger partial charge in [0.05, 0.1) is 0 Å². The number of hydrogen-bond donors (Lipinski definition) is 0. The van der Waals surface area contributed by atoms with Crippen LogP contribution >= 0.6 is 0 Å². The van der Waals surface area contributed by atoms with Crippen LogP contribution in [-0.4, -0.2) is 20.4 Å². The number of aromatic nitrogens is 4. The van der Waals surface area contributed by atoms with Gasteiger partial charge in [0.2, 0.25) is 17.7 Å². The molecule has 30 heavy (non-hydrogen) atoms. The Morgan fingerprint density at radius 1 is 0.633 bits per heavy atom. The summed E-state index contributed by atoms with van der Waals surface area (Å²) in [5, 5.41) is 15.3. The van der Waals surface area contributed by atoms with Crippen LogP contribution < -0.4 is 0 Å². The molecule has 0 aliphatic carbocycles. The van der Waals surface area contributed by atoms with Crippen LogP contribution in [0, 0.1) is 11.6 Å². The SMILES string of the molecule is CC(C)c1nnc(-c2c(F)cccc2F)o1.CC(C)c1nnc(-c2ccccc2)o1. The Labute approximate surface area is 173 Å². The van der Waals surface area contributed by atoms with Crippen molar-refractivity contribution in [1.82, 2.24) is 20.4 Å². The maximum atomic E-state index is 13.4. The summed E-state index contributed by atoms with van der Waals surface area (Å²) in [6, 6.07) is 13.4. The van der Waals surface area contributed by atoms with Crippen LogP contribution in [0.25, 0.3) is 22.9 Å². The highest BCUT2D eigenvalue weighted by atomic mass is 19.1. The predicted octanol–water partition coefficient (Wildman–Crippen LogP) is 6.00. The summed E-state index contributed by atoms with van der Waals surface area (Å²) >= 11 is 0. The van der Waals surface area contributed by atoms with Crippen molar-refractivity contribution >= 4 is 0 Å². The van der Waals surface area contributed by atoms with Crippen LogP contribution in [0.2, 0.25) is 0 Å². The van der Waals surface area contributed by atoms with Crippen LogP contribution in [0.4, 0.5) is 8.78 Å². The first-order valence-corrected chi connectivity index (χ1v) is 9.53. The number of rotatable bonds is 4. The molecule has 6 nitrogen and oxygen atoms in total. The minimum atomic E-state index is -0.709. The summed E-state index contributed by atoms with van der Waals surface area (Å²) in [4.78, 5) is 0. The molecule has 2 aromatic heterocycles. The zero-order valence-electron chi connectivity index (χ0n) is 17.1. The van der Waals surface area contributed by atoms with Gasteiger partial charge in [0.25, 0.3) is 5.89 Å². The topological polar surface area (TPSA) is 77.8 Å². The highest BCUT2D eigenvalue weighted by Crippen LogP contribution is 2.26. The lowest BCUT2D eigenvalue weighted by molar-refractivity contribution is 0.473. The summed E-state index contributed by atoms with van der Waals surface area (Å²) in [6.45, 7) is 7.77. The van der Waals surface area contributed by atoms with E-state index in [1.165, 1.54) is 6.07 Å². The summed E-state index contributed by atoms with van der Waals surface area (Å²) in [5.74, 6) is 0.393. The standard InChI is InChI=1S/C11H10F2N2O.C11H12N2O/c1-6(2)10-14-15-11(16-10)9-7(12)4-3-5-8(9)13;1-8(2)10-12-13-11(14-10)9-6-4-3-5-7-9/h3-6H,1-2H3;3-8H,1-2H3. The van der Waals surface area contributed by atoms with Gasteiger partial charge in [0.15, 0.2) is 0 Å². The van der Waals surface area contributed by atoms with Crippen molar-refractivity contribution in [2.45, 2.75) is 39.5 Å². The van der Waals surface area contributed by atoms with Gasteiger partial charge in [-0.25, -0.2) is 8.78 Å². The first kappa shape index (κ1) is 21.3. The third-order valence-corrected chi connectivity index (χ3v) is 4.07. The van der Waals surface area contributed by atoms with E-state index in [1.807, 2.05) is 58.0 Å². The van der Waals surface area contributed by atoms with E-state index in [0.717, 1.165) is 17.7 Å². The molecule has 0 saturated heterocycles. The van der Waals surface area contributed by atoms with E-state index in [1.54, 1.807) is 0 Å². The van der Waals surface area contributed by atoms with E-state index in [-0.39, 0.29) is 23.3 Å². The van der Waals surface area contributed by atoms with Crippen LogP contribution in [0.1, 0.15) is 51.3 Å². The number of nitrogens with zero attached hydrogens (tertiary/aromatic N) is 4. The Balaban J connectivity index is 0.000000172. The van der Waals surface area contributed by atoms with Crippen molar-refractivity contribution < 1.29 is 17.6 Å². The van der Waals surface area contributed by atoms with Gasteiger partial charge < -0.3 is 8.83 Å². The van der Waals surface area contributed by atoms with Crippen LogP contribution in [0.5, 0.6) is 0 Å². The molecule has 2 aromatic carbocycles. The normalized spacial score (nSPS) is 10.9. The van der Waals surface area contributed by atoms with E-state index >= 15 is 0 Å². The van der Waals surface area contributed by atoms with Crippen molar-refractivity contribution in [3.05, 3.63) is 71.9 Å². The maximum Gasteiger partial charge on any atom is 0.253 e. The monoisotopic (exact) mass is 412 g/mol. The third-order valence-electron chi connectivity index (χ3n) is 4.07. The highest BCUT2D eigenvalue weighted by molar-refractivity contribution is 5.54. The molecular weight excluding hydrogens is 390 g/mol. The lowest BCUT2D eigenvalue weighted by Crippen LogP contribution is -1.89. The maximum absolute atomic E-state index is 13.4. The second kappa shape index (κ2) is 9.39. The average molecular weight is 412 g/mol. The summed E-state index contributed by atoms with van der Waals surface area (Å²) in [5.41, 5.74) is 0.689. The molecule has 0 bridgehead atoms. The Hall–Kier alpha value is -3.42. The molecule has 0 unspecified atom stereocenters. The molecule has 0 spiro atoms. The molecule has 0 saturated carbocycles. The van der Waals surface area contributed by atoms with Crippen molar-refractivity contribution in [3.8, 4) is 22.9 Å². The Morgan fingerprint density at radius 3 is 1.63 bits per heavy atom. The van der Waals surface area contributed by atoms with E-state index in [2.05, 4.69) is 20.4 Å². The van der Waals surface area contributed by atoms with Crippen molar-refractivity contribution in [1.29, 1.82) is 0 Å². The fourth-order valence-electron chi connectivity index (χ4n) is 2.44. The average Bonchev–Trinajstić information content (AvgIpc) is 3.40. The van der Waals surface area contributed by atoms with Gasteiger partial charge in [-0.2, -0.15) is 0 Å². The highest BCUT2D eigenvalue weighted by Gasteiger charge is 2.18. The third kappa shape index (κ3) is 4.94. The molecule has 8 heteroatoms. The molecule has 4 aromatic rings. The smallest absolute Gasteiger partial charge is 0.253 e. The predicted molar refractivity (Wildman–Crippen MR) is 108 cm³/mol. The number of halogens is 2. The van der Waals surface area contributed by atoms with Crippen LogP contribution in [-0.2, 0) is 0 Å². The second-order valence-electron chi connectivity index (χ2n) is 7.16. The van der Waals surface area contributed by atoms with Crippen molar-refractivity contribution in [2.75, 3.05) is 0 Å². The molecule has 2 heterocycles. The van der Waals surface area contributed by atoms with Gasteiger partial charge in [-0.15, -0.1) is 20.4 Å². The van der Waals surface area contributed by atoms with Crippen LogP contribution in [0.3, 0.4) is 0 Å². The molecule has 0 radical (unpaired) electrons. The zero-order valence-corrected chi connectivity index (χ0v) is 17.1. The minimum absolute atomic E-state index is 0.0242. The van der Waals surface area contributed by atoms with E-state index in [9.17, 15) is 8.78 Å². The van der Waals surface area contributed by atoms with Gasteiger partial charge >= 0.3 is 0 Å². The van der Waals surface area contributed by atoms with Gasteiger partial charge in [-0.3, -0.25) is 0 Å². The van der Waals surface area contributed by atoms with Crippen molar-refractivity contribution in [2.24, 2.45) is 0 Å². The number of hydrogen-bond acceptors (Lipinski definition) is 6.